The third-order valence-electron chi connectivity index (χ3n) is 5.41. The highest BCUT2D eigenvalue weighted by Crippen LogP contribution is 2.50. The Hall–Kier alpha value is -2.24. The largest absolute Gasteiger partial charge is 0.496 e. The Bertz CT molecular complexity index is 657. The monoisotopic (exact) mass is 346 g/mol. The molecule has 1 aliphatic heterocycles. The van der Waals surface area contributed by atoms with Crippen LogP contribution in [0.3, 0.4) is 0 Å². The van der Waals surface area contributed by atoms with E-state index in [-0.39, 0.29) is 23.9 Å². The van der Waals surface area contributed by atoms with Gasteiger partial charge in [-0.15, -0.1) is 0 Å². The molecule has 25 heavy (non-hydrogen) atoms. The molecule has 6 heteroatoms. The predicted octanol–water partition coefficient (Wildman–Crippen LogP) is 2.48. The van der Waals surface area contributed by atoms with Gasteiger partial charge in [-0.25, -0.2) is 4.79 Å². The second-order valence-corrected chi connectivity index (χ2v) is 7.42. The predicted molar refractivity (Wildman–Crippen MR) is 93.8 cm³/mol. The number of nitrogens with one attached hydrogen (secondary N) is 1. The third-order valence-corrected chi connectivity index (χ3v) is 5.41. The molecule has 2 N–H and O–H groups in total. The van der Waals surface area contributed by atoms with Gasteiger partial charge in [-0.1, -0.05) is 25.1 Å². The fourth-order valence-corrected chi connectivity index (χ4v) is 3.83. The Kier molecular flexibility index (Phi) is 4.88. The molecule has 0 bridgehead atoms. The molecule has 2 atom stereocenters. The summed E-state index contributed by atoms with van der Waals surface area (Å²) in [6, 6.07) is 7.77. The molecule has 2 aliphatic rings. The molecule has 2 amide bonds. The minimum atomic E-state index is -0.822. The number of likely N-dealkylation sites (tertiary alicyclic amines) is 1. The van der Waals surface area contributed by atoms with Crippen molar-refractivity contribution in [2.45, 2.75) is 31.6 Å². The lowest BCUT2D eigenvalue weighted by molar-refractivity contribution is -0.143. The number of carboxylic acid groups (broad SMARTS) is 1. The zero-order valence-corrected chi connectivity index (χ0v) is 14.8. The third kappa shape index (κ3) is 3.72. The molecule has 2 unspecified atom stereocenters. The summed E-state index contributed by atoms with van der Waals surface area (Å²) < 4.78 is 5.46. The Labute approximate surface area is 148 Å². The van der Waals surface area contributed by atoms with E-state index in [0.29, 0.717) is 19.5 Å². The number of para-hydroxylation sites is 1. The quantitative estimate of drug-likeness (QED) is 0.858. The molecule has 1 aromatic carbocycles. The van der Waals surface area contributed by atoms with Crippen molar-refractivity contribution in [1.29, 1.82) is 0 Å². The Morgan fingerprint density at radius 1 is 1.32 bits per heavy atom. The van der Waals surface area contributed by atoms with Crippen molar-refractivity contribution in [3.63, 3.8) is 0 Å². The summed E-state index contributed by atoms with van der Waals surface area (Å²) >= 11 is 0. The van der Waals surface area contributed by atoms with E-state index in [0.717, 1.165) is 24.2 Å². The van der Waals surface area contributed by atoms with E-state index in [1.165, 1.54) is 0 Å². The number of benzene rings is 1. The average Bonchev–Trinajstić information content (AvgIpc) is 3.40. The summed E-state index contributed by atoms with van der Waals surface area (Å²) in [5, 5.41) is 12.3. The minimum Gasteiger partial charge on any atom is -0.496 e. The smallest absolute Gasteiger partial charge is 0.317 e. The molecule has 0 spiro atoms. The fraction of sp³-hybridized carbons (Fsp3) is 0.579. The molecule has 1 aromatic rings. The molecule has 3 rings (SSSR count). The SMILES string of the molecule is COc1ccccc1C1(CNC(=O)N2CC(C)CC(C(=O)O)C2)CC1. The Morgan fingerprint density at radius 3 is 2.68 bits per heavy atom. The van der Waals surface area contributed by atoms with Crippen LogP contribution in [0.15, 0.2) is 24.3 Å². The lowest BCUT2D eigenvalue weighted by Crippen LogP contribution is -2.50. The van der Waals surface area contributed by atoms with Crippen molar-refractivity contribution in [3.05, 3.63) is 29.8 Å². The number of amides is 2. The van der Waals surface area contributed by atoms with Crippen LogP contribution in [0.25, 0.3) is 0 Å². The van der Waals surface area contributed by atoms with Gasteiger partial charge in [0.15, 0.2) is 0 Å². The maximum atomic E-state index is 12.6. The fourth-order valence-electron chi connectivity index (χ4n) is 3.83. The molecule has 6 nitrogen and oxygen atoms in total. The van der Waals surface area contributed by atoms with E-state index in [1.54, 1.807) is 12.0 Å². The number of carbonyl (C=O) groups excluding carboxylic acids is 1. The number of hydrogen-bond donors (Lipinski definition) is 2. The molecule has 136 valence electrons. The van der Waals surface area contributed by atoms with E-state index in [4.69, 9.17) is 4.74 Å². The lowest BCUT2D eigenvalue weighted by Gasteiger charge is -2.35. The summed E-state index contributed by atoms with van der Waals surface area (Å²) in [5.41, 5.74) is 1.07. The number of carbonyl (C=O) groups is 2. The first-order chi connectivity index (χ1) is 11.9. The summed E-state index contributed by atoms with van der Waals surface area (Å²) in [4.78, 5) is 25.5. The number of urea groups is 1. The number of ether oxygens (including phenoxy) is 1. The van der Waals surface area contributed by atoms with E-state index in [1.807, 2.05) is 25.1 Å². The highest BCUT2D eigenvalue weighted by Gasteiger charge is 2.46. The maximum absolute atomic E-state index is 12.6. The number of nitrogens with zero attached hydrogens (tertiary/aromatic N) is 1. The summed E-state index contributed by atoms with van der Waals surface area (Å²) in [6.45, 7) is 3.44. The van der Waals surface area contributed by atoms with Crippen LogP contribution in [-0.2, 0) is 10.2 Å². The molecule has 1 saturated heterocycles. The zero-order chi connectivity index (χ0) is 18.0. The lowest BCUT2D eigenvalue weighted by atomic mass is 9.90. The van der Waals surface area contributed by atoms with Crippen molar-refractivity contribution in [1.82, 2.24) is 10.2 Å². The summed E-state index contributed by atoms with van der Waals surface area (Å²) in [6.07, 6.45) is 2.66. The first-order valence-corrected chi connectivity index (χ1v) is 8.84. The van der Waals surface area contributed by atoms with E-state index in [2.05, 4.69) is 11.4 Å². The van der Waals surface area contributed by atoms with Crippen LogP contribution in [-0.4, -0.2) is 48.8 Å². The molecule has 1 saturated carbocycles. The topological polar surface area (TPSA) is 78.9 Å². The van der Waals surface area contributed by atoms with E-state index in [9.17, 15) is 14.7 Å². The molecule has 0 radical (unpaired) electrons. The molecule has 0 aromatic heterocycles. The highest BCUT2D eigenvalue weighted by molar-refractivity contribution is 5.76. The van der Waals surface area contributed by atoms with Gasteiger partial charge in [0.25, 0.3) is 0 Å². The number of rotatable bonds is 5. The first-order valence-electron chi connectivity index (χ1n) is 8.84. The van der Waals surface area contributed by atoms with Crippen LogP contribution in [0.5, 0.6) is 5.75 Å². The van der Waals surface area contributed by atoms with Gasteiger partial charge in [-0.05, 0) is 31.2 Å². The van der Waals surface area contributed by atoms with Gasteiger partial charge >= 0.3 is 12.0 Å². The van der Waals surface area contributed by atoms with Gasteiger partial charge in [0.05, 0.1) is 13.0 Å². The normalized spacial score (nSPS) is 24.5. The molecular weight excluding hydrogens is 320 g/mol. The van der Waals surface area contributed by atoms with E-state index < -0.39 is 11.9 Å². The summed E-state index contributed by atoms with van der Waals surface area (Å²) in [7, 11) is 1.66. The Morgan fingerprint density at radius 2 is 2.04 bits per heavy atom. The van der Waals surface area contributed by atoms with Gasteiger partial charge in [0.2, 0.25) is 0 Å². The molecule has 1 aliphatic carbocycles. The zero-order valence-electron chi connectivity index (χ0n) is 14.8. The van der Waals surface area contributed by atoms with Gasteiger partial charge in [0, 0.05) is 30.6 Å². The molecule has 2 fully saturated rings. The number of methoxy groups -OCH3 is 1. The average molecular weight is 346 g/mol. The highest BCUT2D eigenvalue weighted by atomic mass is 16.5. The second kappa shape index (κ2) is 6.94. The first kappa shape index (κ1) is 17.6. The van der Waals surface area contributed by atoms with Crippen molar-refractivity contribution in [3.8, 4) is 5.75 Å². The Balaban J connectivity index is 1.63. The van der Waals surface area contributed by atoms with E-state index >= 15 is 0 Å². The van der Waals surface area contributed by atoms with Crippen molar-refractivity contribution >= 4 is 12.0 Å². The molecular formula is C19H26N2O4. The van der Waals surface area contributed by atoms with Crippen LogP contribution in [0.1, 0.15) is 31.7 Å². The maximum Gasteiger partial charge on any atom is 0.317 e. The van der Waals surface area contributed by atoms with Crippen LogP contribution in [0.2, 0.25) is 0 Å². The number of carboxylic acids is 1. The van der Waals surface area contributed by atoms with Crippen LogP contribution < -0.4 is 10.1 Å². The number of aliphatic carboxylic acids is 1. The van der Waals surface area contributed by atoms with Crippen LogP contribution in [0.4, 0.5) is 4.79 Å². The standard InChI is InChI=1S/C19H26N2O4/c1-13-9-14(17(22)23)11-21(10-13)18(24)20-12-19(7-8-19)15-5-3-4-6-16(15)25-2/h3-6,13-14H,7-12H2,1-2H3,(H,20,24)(H,22,23). The van der Waals surface area contributed by atoms with Gasteiger partial charge in [-0.3, -0.25) is 4.79 Å². The second-order valence-electron chi connectivity index (χ2n) is 7.42. The molecule has 1 heterocycles. The minimum absolute atomic E-state index is 0.0597. The number of hydrogen-bond acceptors (Lipinski definition) is 3. The number of piperidine rings is 1. The van der Waals surface area contributed by atoms with Gasteiger partial charge in [0.1, 0.15) is 5.75 Å². The van der Waals surface area contributed by atoms with Crippen molar-refractivity contribution < 1.29 is 19.4 Å². The van der Waals surface area contributed by atoms with Gasteiger partial charge < -0.3 is 20.1 Å². The van der Waals surface area contributed by atoms with Crippen LogP contribution >= 0.6 is 0 Å². The van der Waals surface area contributed by atoms with Crippen LogP contribution in [0, 0.1) is 11.8 Å². The van der Waals surface area contributed by atoms with Gasteiger partial charge in [-0.2, -0.15) is 0 Å². The summed E-state index contributed by atoms with van der Waals surface area (Å²) in [5.74, 6) is -0.243. The van der Waals surface area contributed by atoms with Crippen molar-refractivity contribution in [2.24, 2.45) is 11.8 Å². The van der Waals surface area contributed by atoms with Crippen molar-refractivity contribution in [2.75, 3.05) is 26.7 Å².